The number of hydrogen-bond acceptors (Lipinski definition) is 3. The number of para-hydroxylation sites is 1. The van der Waals surface area contributed by atoms with Gasteiger partial charge in [-0.15, -0.1) is 0 Å². The van der Waals surface area contributed by atoms with Gasteiger partial charge in [0, 0.05) is 17.3 Å². The number of hydrogen-bond donors (Lipinski definition) is 2. The van der Waals surface area contributed by atoms with E-state index in [0.29, 0.717) is 31.6 Å². The molecule has 5 nitrogen and oxygen atoms in total. The van der Waals surface area contributed by atoms with Crippen molar-refractivity contribution < 1.29 is 14.0 Å². The van der Waals surface area contributed by atoms with Crippen molar-refractivity contribution in [2.75, 3.05) is 23.7 Å². The number of halogens is 1. The van der Waals surface area contributed by atoms with Crippen LogP contribution in [0.15, 0.2) is 84.9 Å². The number of benzene rings is 3. The van der Waals surface area contributed by atoms with Gasteiger partial charge in [0.05, 0.1) is 0 Å². The van der Waals surface area contributed by atoms with Gasteiger partial charge in [-0.2, -0.15) is 0 Å². The van der Waals surface area contributed by atoms with Crippen LogP contribution >= 0.6 is 0 Å². The maximum Gasteiger partial charge on any atom is 0.246 e. The molecular weight excluding hydrogens is 405 g/mol. The molecule has 3 aromatic carbocycles. The SMILES string of the molecule is O=C(Nc1ccccc1)C1CCN([C@H](C(=O)Nc2ccc(F)cc2)c2ccccc2)CC1. The van der Waals surface area contributed by atoms with E-state index in [-0.39, 0.29) is 23.5 Å². The zero-order valence-corrected chi connectivity index (χ0v) is 17.7. The highest BCUT2D eigenvalue weighted by molar-refractivity contribution is 5.95. The summed E-state index contributed by atoms with van der Waals surface area (Å²) in [5.74, 6) is -0.598. The molecule has 0 radical (unpaired) electrons. The second-order valence-corrected chi connectivity index (χ2v) is 7.97. The Morgan fingerprint density at radius 1 is 0.781 bits per heavy atom. The molecule has 4 rings (SSSR count). The summed E-state index contributed by atoms with van der Waals surface area (Å²) in [6.45, 7) is 1.26. The summed E-state index contributed by atoms with van der Waals surface area (Å²) in [5, 5.41) is 5.89. The summed E-state index contributed by atoms with van der Waals surface area (Å²) >= 11 is 0. The predicted octanol–water partition coefficient (Wildman–Crippen LogP) is 4.86. The fourth-order valence-electron chi connectivity index (χ4n) is 4.09. The first-order valence-corrected chi connectivity index (χ1v) is 10.8. The summed E-state index contributed by atoms with van der Waals surface area (Å²) < 4.78 is 13.2. The van der Waals surface area contributed by atoms with Gasteiger partial charge in [0.2, 0.25) is 11.8 Å². The van der Waals surface area contributed by atoms with Crippen LogP contribution in [0.1, 0.15) is 24.4 Å². The van der Waals surface area contributed by atoms with Gasteiger partial charge in [-0.25, -0.2) is 4.39 Å². The van der Waals surface area contributed by atoms with Gasteiger partial charge < -0.3 is 10.6 Å². The third-order valence-corrected chi connectivity index (χ3v) is 5.78. The first-order valence-electron chi connectivity index (χ1n) is 10.8. The van der Waals surface area contributed by atoms with E-state index in [2.05, 4.69) is 15.5 Å². The number of rotatable bonds is 6. The minimum atomic E-state index is -0.487. The fourth-order valence-corrected chi connectivity index (χ4v) is 4.09. The van der Waals surface area contributed by atoms with E-state index >= 15 is 0 Å². The van der Waals surface area contributed by atoms with Crippen LogP contribution in [-0.4, -0.2) is 29.8 Å². The molecular formula is C26H26FN3O2. The number of piperidine rings is 1. The standard InChI is InChI=1S/C26H26FN3O2/c27-21-11-13-23(14-12-21)29-26(32)24(19-7-3-1-4-8-19)30-17-15-20(16-18-30)25(31)28-22-9-5-2-6-10-22/h1-14,20,24H,15-18H2,(H,28,31)(H,29,32)/t24-/m0/s1. The molecule has 0 bridgehead atoms. The van der Waals surface area contributed by atoms with Crippen LogP contribution in [0.4, 0.5) is 15.8 Å². The van der Waals surface area contributed by atoms with Gasteiger partial charge in [0.15, 0.2) is 0 Å². The highest BCUT2D eigenvalue weighted by Gasteiger charge is 2.33. The minimum Gasteiger partial charge on any atom is -0.326 e. The summed E-state index contributed by atoms with van der Waals surface area (Å²) in [6, 6.07) is 24.3. The maximum absolute atomic E-state index is 13.2. The van der Waals surface area contributed by atoms with E-state index in [9.17, 15) is 14.0 Å². The quantitative estimate of drug-likeness (QED) is 0.586. The molecule has 2 N–H and O–H groups in total. The van der Waals surface area contributed by atoms with E-state index in [0.717, 1.165) is 11.3 Å². The molecule has 1 aliphatic rings. The maximum atomic E-state index is 13.2. The molecule has 2 amide bonds. The molecule has 1 saturated heterocycles. The van der Waals surface area contributed by atoms with Crippen LogP contribution in [0, 0.1) is 11.7 Å². The summed E-state index contributed by atoms with van der Waals surface area (Å²) in [5.41, 5.74) is 2.23. The zero-order valence-electron chi connectivity index (χ0n) is 17.7. The van der Waals surface area contributed by atoms with Crippen LogP contribution in [0.3, 0.4) is 0 Å². The Morgan fingerprint density at radius 2 is 1.34 bits per heavy atom. The number of nitrogens with zero attached hydrogens (tertiary/aromatic N) is 1. The monoisotopic (exact) mass is 431 g/mol. The summed E-state index contributed by atoms with van der Waals surface area (Å²) in [7, 11) is 0. The average Bonchev–Trinajstić information content (AvgIpc) is 2.82. The largest absolute Gasteiger partial charge is 0.326 e. The van der Waals surface area contributed by atoms with Gasteiger partial charge in [-0.1, -0.05) is 48.5 Å². The number of nitrogens with one attached hydrogen (secondary N) is 2. The van der Waals surface area contributed by atoms with E-state index in [4.69, 9.17) is 0 Å². The Kier molecular flexibility index (Phi) is 6.92. The van der Waals surface area contributed by atoms with Gasteiger partial charge in [0.25, 0.3) is 0 Å². The Bertz CT molecular complexity index is 1030. The van der Waals surface area contributed by atoms with Crippen molar-refractivity contribution in [1.29, 1.82) is 0 Å². The number of carbonyl (C=O) groups is 2. The van der Waals surface area contributed by atoms with Crippen molar-refractivity contribution >= 4 is 23.2 Å². The van der Waals surface area contributed by atoms with Crippen molar-refractivity contribution in [3.63, 3.8) is 0 Å². The molecule has 1 atom stereocenters. The molecule has 32 heavy (non-hydrogen) atoms. The van der Waals surface area contributed by atoms with E-state index in [1.807, 2.05) is 60.7 Å². The lowest BCUT2D eigenvalue weighted by atomic mass is 9.93. The van der Waals surface area contributed by atoms with Gasteiger partial charge in [-0.05, 0) is 67.9 Å². The lowest BCUT2D eigenvalue weighted by molar-refractivity contribution is -0.124. The normalized spacial score (nSPS) is 15.7. The lowest BCUT2D eigenvalue weighted by Gasteiger charge is -2.36. The van der Waals surface area contributed by atoms with Gasteiger partial charge >= 0.3 is 0 Å². The van der Waals surface area contributed by atoms with Crippen molar-refractivity contribution in [3.05, 3.63) is 96.3 Å². The van der Waals surface area contributed by atoms with Crippen LogP contribution in [0.25, 0.3) is 0 Å². The second kappa shape index (κ2) is 10.2. The molecule has 0 unspecified atom stereocenters. The molecule has 3 aromatic rings. The van der Waals surface area contributed by atoms with Crippen molar-refractivity contribution in [3.8, 4) is 0 Å². The van der Waals surface area contributed by atoms with Gasteiger partial charge in [0.1, 0.15) is 11.9 Å². The molecule has 6 heteroatoms. The molecule has 164 valence electrons. The Balaban J connectivity index is 1.44. The number of amides is 2. The average molecular weight is 432 g/mol. The Labute approximate surface area is 187 Å². The third kappa shape index (κ3) is 5.39. The Hall–Kier alpha value is -3.51. The molecule has 1 aliphatic heterocycles. The molecule has 0 saturated carbocycles. The van der Waals surface area contributed by atoms with Crippen LogP contribution < -0.4 is 10.6 Å². The number of carbonyl (C=O) groups excluding carboxylic acids is 2. The minimum absolute atomic E-state index is 0.0166. The zero-order chi connectivity index (χ0) is 22.3. The van der Waals surface area contributed by atoms with Gasteiger partial charge in [-0.3, -0.25) is 14.5 Å². The van der Waals surface area contributed by atoms with Crippen molar-refractivity contribution in [2.24, 2.45) is 5.92 Å². The van der Waals surface area contributed by atoms with E-state index in [1.165, 1.54) is 12.1 Å². The van der Waals surface area contributed by atoms with Crippen molar-refractivity contribution in [2.45, 2.75) is 18.9 Å². The smallest absolute Gasteiger partial charge is 0.246 e. The number of anilines is 2. The summed E-state index contributed by atoms with van der Waals surface area (Å²) in [4.78, 5) is 28.0. The topological polar surface area (TPSA) is 61.4 Å². The van der Waals surface area contributed by atoms with Crippen LogP contribution in [-0.2, 0) is 9.59 Å². The van der Waals surface area contributed by atoms with E-state index < -0.39 is 6.04 Å². The molecule has 0 aliphatic carbocycles. The van der Waals surface area contributed by atoms with E-state index in [1.54, 1.807) is 12.1 Å². The first-order chi connectivity index (χ1) is 15.6. The molecule has 0 aromatic heterocycles. The molecule has 0 spiro atoms. The fraction of sp³-hybridized carbons (Fsp3) is 0.231. The van der Waals surface area contributed by atoms with Crippen molar-refractivity contribution in [1.82, 2.24) is 4.90 Å². The number of likely N-dealkylation sites (tertiary alicyclic amines) is 1. The van der Waals surface area contributed by atoms with Crippen LogP contribution in [0.5, 0.6) is 0 Å². The Morgan fingerprint density at radius 3 is 1.97 bits per heavy atom. The lowest BCUT2D eigenvalue weighted by Crippen LogP contribution is -2.44. The highest BCUT2D eigenvalue weighted by Crippen LogP contribution is 2.29. The molecule has 1 heterocycles. The first kappa shape index (κ1) is 21.7. The second-order valence-electron chi connectivity index (χ2n) is 7.97. The third-order valence-electron chi connectivity index (χ3n) is 5.78. The predicted molar refractivity (Wildman–Crippen MR) is 124 cm³/mol. The summed E-state index contributed by atoms with van der Waals surface area (Å²) in [6.07, 6.45) is 1.34. The highest BCUT2D eigenvalue weighted by atomic mass is 19.1. The molecule has 1 fully saturated rings. The van der Waals surface area contributed by atoms with Crippen LogP contribution in [0.2, 0.25) is 0 Å².